The van der Waals surface area contributed by atoms with Gasteiger partial charge in [0.15, 0.2) is 0 Å². The Bertz CT molecular complexity index is 380. The third-order valence-corrected chi connectivity index (χ3v) is 4.33. The van der Waals surface area contributed by atoms with Crippen LogP contribution in [0.3, 0.4) is 0 Å². The number of hydrogen-bond acceptors (Lipinski definition) is 3. The third-order valence-electron chi connectivity index (χ3n) is 2.96. The predicted octanol–water partition coefficient (Wildman–Crippen LogP) is 2.89. The van der Waals surface area contributed by atoms with E-state index in [0.29, 0.717) is 0 Å². The van der Waals surface area contributed by atoms with Gasteiger partial charge in [-0.05, 0) is 30.7 Å². The van der Waals surface area contributed by atoms with Gasteiger partial charge < -0.3 is 4.90 Å². The first-order valence-electron chi connectivity index (χ1n) is 5.70. The Labute approximate surface area is 101 Å². The minimum Gasteiger partial charge on any atom is -0.370 e. The molecule has 0 aliphatic carbocycles. The zero-order chi connectivity index (χ0) is 11.4. The van der Waals surface area contributed by atoms with Crippen molar-refractivity contribution in [2.45, 2.75) is 18.6 Å². The van der Waals surface area contributed by atoms with E-state index in [1.165, 1.54) is 17.9 Å². The fraction of sp³-hybridized carbons (Fsp3) is 0.462. The van der Waals surface area contributed by atoms with Crippen LogP contribution in [0, 0.1) is 11.3 Å². The highest BCUT2D eigenvalue weighted by Crippen LogP contribution is 2.25. The molecule has 0 spiro atoms. The molecule has 2 nitrogen and oxygen atoms in total. The zero-order valence-corrected chi connectivity index (χ0v) is 10.3. The summed E-state index contributed by atoms with van der Waals surface area (Å²) < 4.78 is 0. The molecule has 0 aromatic heterocycles. The van der Waals surface area contributed by atoms with Crippen LogP contribution in [0.1, 0.15) is 18.9 Å². The van der Waals surface area contributed by atoms with Gasteiger partial charge in [-0.2, -0.15) is 17.0 Å². The minimum absolute atomic E-state index is 0.738. The summed E-state index contributed by atoms with van der Waals surface area (Å²) in [5.41, 5.74) is 1.99. The number of nitriles is 1. The van der Waals surface area contributed by atoms with Crippen molar-refractivity contribution in [2.24, 2.45) is 0 Å². The molecule has 84 valence electrons. The van der Waals surface area contributed by atoms with E-state index < -0.39 is 0 Å². The molecule has 0 bridgehead atoms. The maximum Gasteiger partial charge on any atom is 0.0991 e. The molecule has 16 heavy (non-hydrogen) atoms. The van der Waals surface area contributed by atoms with Crippen LogP contribution in [0.25, 0.3) is 0 Å². The summed E-state index contributed by atoms with van der Waals surface area (Å²) in [6.07, 6.45) is 1.23. The van der Waals surface area contributed by atoms with Gasteiger partial charge in [0.1, 0.15) is 0 Å². The largest absolute Gasteiger partial charge is 0.370 e. The van der Waals surface area contributed by atoms with Crippen molar-refractivity contribution in [3.8, 4) is 6.07 Å². The van der Waals surface area contributed by atoms with Gasteiger partial charge in [-0.3, -0.25) is 0 Å². The molecule has 0 N–H and O–H groups in total. The van der Waals surface area contributed by atoms with Crippen LogP contribution < -0.4 is 4.90 Å². The molecule has 0 radical (unpaired) electrons. The maximum atomic E-state index is 8.75. The molecule has 1 aromatic carbocycles. The molecule has 1 unspecified atom stereocenters. The van der Waals surface area contributed by atoms with Gasteiger partial charge in [0.2, 0.25) is 0 Å². The highest BCUT2D eigenvalue weighted by Gasteiger charge is 2.18. The van der Waals surface area contributed by atoms with Gasteiger partial charge in [-0.1, -0.05) is 6.92 Å². The van der Waals surface area contributed by atoms with Crippen LogP contribution >= 0.6 is 11.8 Å². The predicted molar refractivity (Wildman–Crippen MR) is 69.9 cm³/mol. The van der Waals surface area contributed by atoms with Crippen LogP contribution in [0.4, 0.5) is 5.69 Å². The maximum absolute atomic E-state index is 8.75. The Morgan fingerprint density at radius 1 is 1.44 bits per heavy atom. The van der Waals surface area contributed by atoms with E-state index in [2.05, 4.69) is 41.8 Å². The lowest BCUT2D eigenvalue weighted by molar-refractivity contribution is 0.728. The normalized spacial score (nSPS) is 20.5. The van der Waals surface area contributed by atoms with Crippen LogP contribution in [0.15, 0.2) is 24.3 Å². The monoisotopic (exact) mass is 232 g/mol. The van der Waals surface area contributed by atoms with Gasteiger partial charge in [-0.15, -0.1) is 0 Å². The quantitative estimate of drug-likeness (QED) is 0.784. The van der Waals surface area contributed by atoms with Crippen LogP contribution in [-0.2, 0) is 0 Å². The van der Waals surface area contributed by atoms with Crippen molar-refractivity contribution in [3.05, 3.63) is 29.8 Å². The van der Waals surface area contributed by atoms with Gasteiger partial charge >= 0.3 is 0 Å². The van der Waals surface area contributed by atoms with Crippen molar-refractivity contribution in [1.82, 2.24) is 0 Å². The Balaban J connectivity index is 2.08. The highest BCUT2D eigenvalue weighted by atomic mass is 32.2. The second kappa shape index (κ2) is 5.27. The molecule has 1 aromatic rings. The molecule has 1 fully saturated rings. The second-order valence-electron chi connectivity index (χ2n) is 4.01. The number of hydrogen-bond donors (Lipinski definition) is 0. The van der Waals surface area contributed by atoms with E-state index in [1.54, 1.807) is 0 Å². The molecule has 1 atom stereocenters. The van der Waals surface area contributed by atoms with E-state index in [1.807, 2.05) is 12.1 Å². The van der Waals surface area contributed by atoms with E-state index in [9.17, 15) is 0 Å². The molecule has 1 aliphatic heterocycles. The van der Waals surface area contributed by atoms with Crippen molar-refractivity contribution >= 4 is 17.4 Å². The summed E-state index contributed by atoms with van der Waals surface area (Å²) in [5, 5.41) is 9.51. The van der Waals surface area contributed by atoms with Gasteiger partial charge in [-0.25, -0.2) is 0 Å². The Morgan fingerprint density at radius 2 is 2.19 bits per heavy atom. The topological polar surface area (TPSA) is 27.0 Å². The molecule has 1 heterocycles. The molecule has 1 aliphatic rings. The number of rotatable bonds is 2. The van der Waals surface area contributed by atoms with Gasteiger partial charge in [0.25, 0.3) is 0 Å². The molecular weight excluding hydrogens is 216 g/mol. The fourth-order valence-corrected chi connectivity index (χ4v) is 3.13. The van der Waals surface area contributed by atoms with Crippen LogP contribution in [0.2, 0.25) is 0 Å². The summed E-state index contributed by atoms with van der Waals surface area (Å²) in [5.74, 6) is 1.21. The summed E-state index contributed by atoms with van der Waals surface area (Å²) in [4.78, 5) is 2.42. The average Bonchev–Trinajstić information content (AvgIpc) is 2.39. The van der Waals surface area contributed by atoms with Crippen molar-refractivity contribution < 1.29 is 0 Å². The Morgan fingerprint density at radius 3 is 2.81 bits per heavy atom. The standard InChI is InChI=1S/C13H16N2S/c1-2-13-10-15(7-8-16-13)12-5-3-11(9-14)4-6-12/h3-6,13H,2,7-8,10H2,1H3. The van der Waals surface area contributed by atoms with Crippen molar-refractivity contribution in [3.63, 3.8) is 0 Å². The summed E-state index contributed by atoms with van der Waals surface area (Å²) in [6.45, 7) is 4.50. The zero-order valence-electron chi connectivity index (χ0n) is 9.52. The van der Waals surface area contributed by atoms with Crippen molar-refractivity contribution in [2.75, 3.05) is 23.7 Å². The Kier molecular flexibility index (Phi) is 3.74. The fourth-order valence-electron chi connectivity index (χ4n) is 1.95. The first-order chi connectivity index (χ1) is 7.83. The smallest absolute Gasteiger partial charge is 0.0991 e. The highest BCUT2D eigenvalue weighted by molar-refractivity contribution is 8.00. The van der Waals surface area contributed by atoms with E-state index in [-0.39, 0.29) is 0 Å². The number of anilines is 1. The number of benzene rings is 1. The molecule has 0 amide bonds. The van der Waals surface area contributed by atoms with E-state index >= 15 is 0 Å². The first-order valence-corrected chi connectivity index (χ1v) is 6.75. The summed E-state index contributed by atoms with van der Waals surface area (Å²) in [7, 11) is 0. The van der Waals surface area contributed by atoms with Gasteiger partial charge in [0, 0.05) is 29.8 Å². The molecular formula is C13H16N2S. The van der Waals surface area contributed by atoms with E-state index in [0.717, 1.165) is 23.9 Å². The summed E-state index contributed by atoms with van der Waals surface area (Å²) in [6, 6.07) is 10.1. The molecule has 0 saturated carbocycles. The second-order valence-corrected chi connectivity index (χ2v) is 5.41. The molecule has 1 saturated heterocycles. The number of thioether (sulfide) groups is 1. The SMILES string of the molecule is CCC1CN(c2ccc(C#N)cc2)CCS1. The minimum atomic E-state index is 0.738. The average molecular weight is 232 g/mol. The third kappa shape index (κ3) is 2.51. The lowest BCUT2D eigenvalue weighted by Gasteiger charge is -2.33. The van der Waals surface area contributed by atoms with Crippen LogP contribution in [0.5, 0.6) is 0 Å². The molecule has 3 heteroatoms. The summed E-state index contributed by atoms with van der Waals surface area (Å²) >= 11 is 2.08. The van der Waals surface area contributed by atoms with Gasteiger partial charge in [0.05, 0.1) is 11.6 Å². The lowest BCUT2D eigenvalue weighted by Crippen LogP contribution is -2.37. The molecule has 2 rings (SSSR count). The first kappa shape index (κ1) is 11.3. The van der Waals surface area contributed by atoms with Crippen LogP contribution in [-0.4, -0.2) is 24.1 Å². The lowest BCUT2D eigenvalue weighted by atomic mass is 10.2. The van der Waals surface area contributed by atoms with E-state index in [4.69, 9.17) is 5.26 Å². The van der Waals surface area contributed by atoms with Crippen molar-refractivity contribution in [1.29, 1.82) is 5.26 Å². The Hall–Kier alpha value is -1.14. The number of nitrogens with zero attached hydrogens (tertiary/aromatic N) is 2.